The number of carbonyl (C=O) groups is 2. The van der Waals surface area contributed by atoms with Crippen molar-refractivity contribution in [3.63, 3.8) is 0 Å². The lowest BCUT2D eigenvalue weighted by atomic mass is 9.69. The van der Waals surface area contributed by atoms with Crippen LogP contribution in [0.3, 0.4) is 0 Å². The Morgan fingerprint density at radius 3 is 2.31 bits per heavy atom. The molecule has 2 atom stereocenters. The maximum atomic E-state index is 13.1. The molecule has 75 heavy (non-hydrogen) atoms. The predicted octanol–water partition coefficient (Wildman–Crippen LogP) is 11.5. The number of rotatable bonds is 12. The first-order valence-corrected chi connectivity index (χ1v) is 29.8. The molecule has 0 bridgehead atoms. The van der Waals surface area contributed by atoms with Gasteiger partial charge in [0, 0.05) is 35.9 Å². The van der Waals surface area contributed by atoms with E-state index in [4.69, 9.17) is 22.3 Å². The summed E-state index contributed by atoms with van der Waals surface area (Å²) in [6, 6.07) is 21.1. The fourth-order valence-electron chi connectivity index (χ4n) is 12.4. The minimum absolute atomic E-state index is 0.0833. The molecule has 2 unspecified atom stereocenters. The average Bonchev–Trinajstić information content (AvgIpc) is 4.08. The molecule has 2 aliphatic carbocycles. The van der Waals surface area contributed by atoms with Gasteiger partial charge < -0.3 is 31.5 Å². The van der Waals surface area contributed by atoms with Crippen LogP contribution in [0.5, 0.6) is 0 Å². The molecule has 4 aliphatic heterocycles. The molecule has 1 aromatic heterocycles. The van der Waals surface area contributed by atoms with Crippen LogP contribution in [0.15, 0.2) is 88.0 Å². The van der Waals surface area contributed by atoms with Crippen LogP contribution in [0.2, 0.25) is 5.02 Å². The van der Waals surface area contributed by atoms with Gasteiger partial charge in [-0.3, -0.25) is 23.9 Å². The Labute approximate surface area is 457 Å². The van der Waals surface area contributed by atoms with Crippen LogP contribution in [-0.2, 0) is 21.5 Å². The van der Waals surface area contributed by atoms with Crippen LogP contribution >= 0.6 is 23.4 Å². The van der Waals surface area contributed by atoms with Gasteiger partial charge in [-0.15, -0.1) is 11.8 Å². The summed E-state index contributed by atoms with van der Waals surface area (Å²) in [6.45, 7) is 17.6. The highest BCUT2D eigenvalue weighted by atomic mass is 35.5. The predicted molar refractivity (Wildman–Crippen MR) is 314 cm³/mol. The summed E-state index contributed by atoms with van der Waals surface area (Å²) >= 11 is 8.11. The van der Waals surface area contributed by atoms with E-state index in [1.54, 1.807) is 22.7 Å². The lowest BCUT2D eigenvalue weighted by Crippen LogP contribution is -2.42. The van der Waals surface area contributed by atoms with Crippen LogP contribution < -0.4 is 27.2 Å². The van der Waals surface area contributed by atoms with Gasteiger partial charge in [-0.05, 0) is 182 Å². The molecule has 6 aliphatic rings. The number of halogens is 1. The monoisotopic (exact) mass is 1060 g/mol. The molecule has 10 rings (SSSR count). The van der Waals surface area contributed by atoms with Crippen molar-refractivity contribution < 1.29 is 9.59 Å². The van der Waals surface area contributed by atoms with Gasteiger partial charge in [0.2, 0.25) is 12.3 Å². The number of carbonyl (C=O) groups excluding carboxylic acids is 2. The average molecular weight is 1060 g/mol. The number of aliphatic imine (C=N–C) groups is 1. The van der Waals surface area contributed by atoms with Gasteiger partial charge in [0.15, 0.2) is 0 Å². The maximum Gasteiger partial charge on any atom is 0.282 e. The number of fused-ring (bicyclic) bond motifs is 7. The van der Waals surface area contributed by atoms with E-state index in [0.29, 0.717) is 41.4 Å². The summed E-state index contributed by atoms with van der Waals surface area (Å²) in [6.07, 6.45) is 23.9. The molecule has 4 aromatic rings. The van der Waals surface area contributed by atoms with Gasteiger partial charge in [-0.25, -0.2) is 0 Å². The second-order valence-electron chi connectivity index (χ2n) is 21.4. The second-order valence-corrected chi connectivity index (χ2v) is 22.6. The quantitative estimate of drug-likeness (QED) is 0.0803. The van der Waals surface area contributed by atoms with Crippen molar-refractivity contribution >= 4 is 58.2 Å². The van der Waals surface area contributed by atoms with E-state index in [9.17, 15) is 14.4 Å². The van der Waals surface area contributed by atoms with Gasteiger partial charge >= 0.3 is 0 Å². The van der Waals surface area contributed by atoms with Crippen LogP contribution in [-0.4, -0.2) is 96.5 Å². The summed E-state index contributed by atoms with van der Waals surface area (Å²) in [4.78, 5) is 50.0. The molecule has 5 fully saturated rings. The number of hydrogen-bond acceptors (Lipinski definition) is 10. The molecular formula is C61H86ClN9O3S. The van der Waals surface area contributed by atoms with Crippen LogP contribution in [0, 0.1) is 11.8 Å². The third kappa shape index (κ3) is 13.8. The number of hydrogen-bond donors (Lipinski definition) is 4. The van der Waals surface area contributed by atoms with Crippen LogP contribution in [0.1, 0.15) is 164 Å². The van der Waals surface area contributed by atoms with Crippen LogP contribution in [0.4, 0.5) is 0 Å². The number of allylic oxidation sites excluding steroid dienone is 2. The summed E-state index contributed by atoms with van der Waals surface area (Å²) < 4.78 is 2.27. The molecule has 12 nitrogen and oxygen atoms in total. The number of aromatic nitrogens is 2. The van der Waals surface area contributed by atoms with E-state index in [1.807, 2.05) is 63.4 Å². The normalized spacial score (nSPS) is 20.7. The molecule has 3 aromatic carbocycles. The number of nitrogens with one attached hydrogen (secondary N) is 3. The molecule has 406 valence electrons. The number of likely N-dealkylation sites (tertiary alicyclic amines) is 2. The largest absolute Gasteiger partial charge is 0.401 e. The highest BCUT2D eigenvalue weighted by Gasteiger charge is 2.46. The number of amides is 2. The molecule has 1 spiro atoms. The summed E-state index contributed by atoms with van der Waals surface area (Å²) in [7, 11) is 2.21. The molecule has 3 saturated heterocycles. The fraction of sp³-hybridized carbons (Fsp3) is 0.557. The Hall–Kier alpha value is -4.95. The fourth-order valence-corrected chi connectivity index (χ4v) is 13.4. The zero-order valence-corrected chi connectivity index (χ0v) is 47.5. The molecular weight excluding hydrogens is 974 g/mol. The lowest BCUT2D eigenvalue weighted by molar-refractivity contribution is -0.131. The molecule has 5 N–H and O–H groups in total. The minimum Gasteiger partial charge on any atom is -0.401 e. The van der Waals surface area contributed by atoms with Gasteiger partial charge in [0.1, 0.15) is 11.9 Å². The Balaban J connectivity index is 0.000000168. The van der Waals surface area contributed by atoms with Gasteiger partial charge in [0.25, 0.3) is 5.56 Å². The Kier molecular flexibility index (Phi) is 21.5. The van der Waals surface area contributed by atoms with Gasteiger partial charge in [0.05, 0.1) is 32.7 Å². The van der Waals surface area contributed by atoms with E-state index in [1.165, 1.54) is 107 Å². The Bertz CT molecular complexity index is 2660. The van der Waals surface area contributed by atoms with Crippen molar-refractivity contribution in [1.82, 2.24) is 35.3 Å². The van der Waals surface area contributed by atoms with E-state index in [0.717, 1.165) is 89.9 Å². The van der Waals surface area contributed by atoms with Crippen molar-refractivity contribution in [2.24, 2.45) is 22.6 Å². The van der Waals surface area contributed by atoms with E-state index < -0.39 is 0 Å². The molecule has 0 radical (unpaired) electrons. The van der Waals surface area contributed by atoms with E-state index in [-0.39, 0.29) is 22.9 Å². The number of thioether (sulfide) groups is 1. The minimum atomic E-state index is -0.325. The first-order chi connectivity index (χ1) is 36.5. The summed E-state index contributed by atoms with van der Waals surface area (Å²) in [5.41, 5.74) is 14.8. The molecule has 5 heterocycles. The first kappa shape index (κ1) is 57.7. The molecule has 2 saturated carbocycles. The molecule has 14 heteroatoms. The zero-order valence-electron chi connectivity index (χ0n) is 45.9. The van der Waals surface area contributed by atoms with E-state index >= 15 is 0 Å². The van der Waals surface area contributed by atoms with Crippen molar-refractivity contribution in [2.45, 2.75) is 160 Å². The van der Waals surface area contributed by atoms with Crippen molar-refractivity contribution in [3.05, 3.63) is 122 Å². The van der Waals surface area contributed by atoms with Crippen molar-refractivity contribution in [1.29, 1.82) is 0 Å². The Morgan fingerprint density at radius 1 is 0.947 bits per heavy atom. The number of piperidine rings is 2. The summed E-state index contributed by atoms with van der Waals surface area (Å²) in [5.74, 6) is 2.87. The zero-order chi connectivity index (χ0) is 53.5. The first-order valence-electron chi connectivity index (χ1n) is 28.2. The third-order valence-corrected chi connectivity index (χ3v) is 18.1. The van der Waals surface area contributed by atoms with Crippen LogP contribution in [0.25, 0.3) is 21.5 Å². The maximum absolute atomic E-state index is 13.1. The topological polar surface area (TPSA) is 150 Å². The highest BCUT2D eigenvalue weighted by molar-refractivity contribution is 8.07. The van der Waals surface area contributed by atoms with E-state index in [2.05, 4.69) is 75.5 Å². The number of benzene rings is 3. The smallest absolute Gasteiger partial charge is 0.282 e. The second kappa shape index (κ2) is 27.9. The SMILES string of the molecule is C=N/C(C)=C(\SC)c1ccc(CNC(=O)C2CCCN2C=O)cc1.CC.CC(N/C=C(\N)C1CCCCC1)C1CCNCC1.CN1CCC(c2ccc3c(c2)-n2c(nc(=O)c4c(Cl)cccc42)C32CCCCC2)CC1. The van der Waals surface area contributed by atoms with Gasteiger partial charge in [-0.2, -0.15) is 4.98 Å². The third-order valence-electron chi connectivity index (χ3n) is 16.8. The number of nitrogens with zero attached hydrogens (tertiary/aromatic N) is 5. The van der Waals surface area contributed by atoms with Crippen molar-refractivity contribution in [3.8, 4) is 5.69 Å². The van der Waals surface area contributed by atoms with Gasteiger partial charge in [-0.1, -0.05) is 106 Å². The van der Waals surface area contributed by atoms with Crippen molar-refractivity contribution in [2.75, 3.05) is 46.0 Å². The standard InChI is InChI=1S/C26H28ClN3O.C18H23N3O2S.C15H29N3.C2H6/c1-29-14-10-17(11-15-29)18-8-9-19-22(16-18)30-21-7-5-6-20(27)23(21)24(31)28-25(30)26(19)12-3-2-4-13-26;1-13(19-2)17(24-3)15-8-6-14(7-9-15)11-20-18(23)16-5-4-10-21(16)12-22;1-12(13-7-9-17-10-8-13)18-11-15(16)14-5-3-2-4-6-14;1-2/h5-9,16-17H,2-4,10-15H2,1H3;6-9,12,16H,2,4-5,10-11H2,1,3H3,(H,20,23);11-14,17-18H,2-10,16H2,1H3;1-2H3/b;17-13-;15-11-;. The molecule has 2 amide bonds. The Morgan fingerprint density at radius 2 is 1.64 bits per heavy atom. The number of nitrogens with two attached hydrogens (primary N) is 1. The summed E-state index contributed by atoms with van der Waals surface area (Å²) in [5, 5.41) is 10.9. The lowest BCUT2D eigenvalue weighted by Gasteiger charge is -2.34. The highest BCUT2D eigenvalue weighted by Crippen LogP contribution is 2.52.